The van der Waals surface area contributed by atoms with Crippen molar-refractivity contribution in [2.75, 3.05) is 13.7 Å². The molecule has 4 rings (SSSR count). The van der Waals surface area contributed by atoms with Crippen LogP contribution in [-0.2, 0) is 19.0 Å². The highest BCUT2D eigenvalue weighted by atomic mass is 32.2. The van der Waals surface area contributed by atoms with Gasteiger partial charge in [0.15, 0.2) is 0 Å². The summed E-state index contributed by atoms with van der Waals surface area (Å²) in [4.78, 5) is 0.547. The summed E-state index contributed by atoms with van der Waals surface area (Å²) in [6.07, 6.45) is 18.6. The maximum Gasteiger partial charge on any atom is 0.297 e. The summed E-state index contributed by atoms with van der Waals surface area (Å²) in [5, 5.41) is 0. The number of rotatable bonds is 9. The Hall–Kier alpha value is -0.910. The van der Waals surface area contributed by atoms with Crippen LogP contribution < -0.4 is 0 Å². The normalized spacial score (nSPS) is 21.9. The average Bonchev–Trinajstić information content (AvgIpc) is 2.89. The minimum absolute atomic E-state index is 0.155. The number of hydrogen-bond acceptors (Lipinski definition) is 4. The van der Waals surface area contributed by atoms with Gasteiger partial charge in [0.05, 0.1) is 12.2 Å². The zero-order valence-electron chi connectivity index (χ0n) is 22.4. The average molecular weight is 505 g/mol. The molecule has 0 aliphatic heterocycles. The Kier molecular flexibility index (Phi) is 9.37. The highest BCUT2D eigenvalue weighted by Gasteiger charge is 2.34. The van der Waals surface area contributed by atoms with Crippen LogP contribution in [-0.4, -0.2) is 27.7 Å². The largest absolute Gasteiger partial charge is 0.379 e. The van der Waals surface area contributed by atoms with Gasteiger partial charge in [-0.1, -0.05) is 69.9 Å². The maximum absolute atomic E-state index is 14.0. The fourth-order valence-corrected chi connectivity index (χ4v) is 8.10. The van der Waals surface area contributed by atoms with Gasteiger partial charge >= 0.3 is 0 Å². The second-order valence-corrected chi connectivity index (χ2v) is 13.6. The Morgan fingerprint density at radius 2 is 1.17 bits per heavy atom. The molecule has 0 N–H and O–H groups in total. The minimum atomic E-state index is -3.85. The standard InChI is InChI=1S/C30H48O4S/c1-30(2,33-3)19-20-34-35(31,32)29-27(24-15-9-5-10-16-24)21-26(23-13-7-4-8-14-23)22-28(29)25-17-11-6-12-18-25/h21-25H,4-20H2,1-3H3. The van der Waals surface area contributed by atoms with Crippen LogP contribution in [0.5, 0.6) is 0 Å². The lowest BCUT2D eigenvalue weighted by Crippen LogP contribution is -2.26. The molecule has 0 heterocycles. The molecule has 0 bridgehead atoms. The molecule has 0 atom stereocenters. The molecule has 0 amide bonds. The first-order valence-corrected chi connectivity index (χ1v) is 15.8. The van der Waals surface area contributed by atoms with Crippen LogP contribution in [0.1, 0.15) is 151 Å². The Bertz CT molecular complexity index is 879. The van der Waals surface area contributed by atoms with Crippen molar-refractivity contribution in [1.82, 2.24) is 0 Å². The van der Waals surface area contributed by atoms with Gasteiger partial charge in [0.1, 0.15) is 4.90 Å². The summed E-state index contributed by atoms with van der Waals surface area (Å²) < 4.78 is 39.2. The van der Waals surface area contributed by atoms with E-state index in [1.54, 1.807) is 7.11 Å². The molecule has 3 saturated carbocycles. The summed E-state index contributed by atoms with van der Waals surface area (Å²) in [5.74, 6) is 1.24. The number of methoxy groups -OCH3 is 1. The van der Waals surface area contributed by atoms with Gasteiger partial charge in [0.2, 0.25) is 0 Å². The van der Waals surface area contributed by atoms with Crippen LogP contribution in [0.2, 0.25) is 0 Å². The first-order valence-electron chi connectivity index (χ1n) is 14.4. The van der Waals surface area contributed by atoms with Crippen LogP contribution in [0.3, 0.4) is 0 Å². The van der Waals surface area contributed by atoms with Crippen molar-refractivity contribution in [3.63, 3.8) is 0 Å². The zero-order chi connectivity index (χ0) is 24.9. The summed E-state index contributed by atoms with van der Waals surface area (Å²) >= 11 is 0. The molecule has 3 aliphatic carbocycles. The predicted octanol–water partition coefficient (Wildman–Crippen LogP) is 8.35. The molecule has 3 aliphatic rings. The van der Waals surface area contributed by atoms with Crippen molar-refractivity contribution in [3.05, 3.63) is 28.8 Å². The third kappa shape index (κ3) is 6.90. The van der Waals surface area contributed by atoms with Gasteiger partial charge in [-0.05, 0) is 86.8 Å². The number of hydrogen-bond donors (Lipinski definition) is 0. The van der Waals surface area contributed by atoms with Crippen molar-refractivity contribution in [1.29, 1.82) is 0 Å². The van der Waals surface area contributed by atoms with Crippen LogP contribution >= 0.6 is 0 Å². The van der Waals surface area contributed by atoms with Crippen LogP contribution in [0, 0.1) is 0 Å². The van der Waals surface area contributed by atoms with E-state index in [1.165, 1.54) is 76.2 Å². The molecule has 0 saturated heterocycles. The van der Waals surface area contributed by atoms with Gasteiger partial charge in [0, 0.05) is 13.5 Å². The molecule has 3 fully saturated rings. The van der Waals surface area contributed by atoms with E-state index in [-0.39, 0.29) is 6.61 Å². The van der Waals surface area contributed by atoms with Gasteiger partial charge in [-0.25, -0.2) is 0 Å². The van der Waals surface area contributed by atoms with Gasteiger partial charge in [-0.3, -0.25) is 4.18 Å². The SMILES string of the molecule is COC(C)(C)CCOS(=O)(=O)c1c(C2CCCCC2)cc(C2CCCCC2)cc1C1CCCCC1. The third-order valence-corrected chi connectivity index (χ3v) is 10.5. The zero-order valence-corrected chi connectivity index (χ0v) is 23.3. The molecule has 198 valence electrons. The van der Waals surface area contributed by atoms with Crippen LogP contribution in [0.15, 0.2) is 17.0 Å². The summed E-state index contributed by atoms with van der Waals surface area (Å²) in [6.45, 7) is 4.10. The van der Waals surface area contributed by atoms with E-state index in [4.69, 9.17) is 8.92 Å². The molecular formula is C30H48O4S. The Morgan fingerprint density at radius 1 is 0.743 bits per heavy atom. The lowest BCUT2D eigenvalue weighted by atomic mass is 9.76. The summed E-state index contributed by atoms with van der Waals surface area (Å²) in [7, 11) is -2.19. The smallest absolute Gasteiger partial charge is 0.297 e. The van der Waals surface area contributed by atoms with Crippen molar-refractivity contribution in [2.24, 2.45) is 0 Å². The van der Waals surface area contributed by atoms with E-state index in [0.717, 1.165) is 36.8 Å². The molecule has 0 spiro atoms. The van der Waals surface area contributed by atoms with E-state index in [2.05, 4.69) is 12.1 Å². The van der Waals surface area contributed by atoms with Crippen molar-refractivity contribution in [2.45, 2.75) is 145 Å². The van der Waals surface area contributed by atoms with Gasteiger partial charge in [-0.2, -0.15) is 8.42 Å². The fraction of sp³-hybridized carbons (Fsp3) is 0.800. The number of benzene rings is 1. The van der Waals surface area contributed by atoms with Gasteiger partial charge in [-0.15, -0.1) is 0 Å². The maximum atomic E-state index is 14.0. The molecule has 0 aromatic heterocycles. The monoisotopic (exact) mass is 504 g/mol. The Balaban J connectivity index is 1.77. The lowest BCUT2D eigenvalue weighted by molar-refractivity contribution is 0.00608. The first-order chi connectivity index (χ1) is 16.8. The summed E-state index contributed by atoms with van der Waals surface area (Å²) in [5.41, 5.74) is 3.17. The van der Waals surface area contributed by atoms with Gasteiger partial charge < -0.3 is 4.74 Å². The molecule has 1 aromatic rings. The van der Waals surface area contributed by atoms with E-state index in [0.29, 0.717) is 29.1 Å². The summed E-state index contributed by atoms with van der Waals surface area (Å²) in [6, 6.07) is 4.63. The second kappa shape index (κ2) is 12.1. The number of ether oxygens (including phenoxy) is 1. The van der Waals surface area contributed by atoms with Crippen molar-refractivity contribution < 1.29 is 17.3 Å². The highest BCUT2D eigenvalue weighted by Crippen LogP contribution is 2.46. The van der Waals surface area contributed by atoms with Crippen LogP contribution in [0.25, 0.3) is 0 Å². The van der Waals surface area contributed by atoms with Crippen molar-refractivity contribution in [3.8, 4) is 0 Å². The molecular weight excluding hydrogens is 456 g/mol. The van der Waals surface area contributed by atoms with E-state index in [1.807, 2.05) is 13.8 Å². The molecule has 0 radical (unpaired) electrons. The van der Waals surface area contributed by atoms with Crippen molar-refractivity contribution >= 4 is 10.1 Å². The second-order valence-electron chi connectivity index (χ2n) is 12.0. The van der Waals surface area contributed by atoms with E-state index in [9.17, 15) is 8.42 Å². The molecule has 1 aromatic carbocycles. The molecule has 4 nitrogen and oxygen atoms in total. The first kappa shape index (κ1) is 27.1. The van der Waals surface area contributed by atoms with E-state index >= 15 is 0 Å². The predicted molar refractivity (Wildman–Crippen MR) is 143 cm³/mol. The van der Waals surface area contributed by atoms with E-state index < -0.39 is 15.7 Å². The van der Waals surface area contributed by atoms with Gasteiger partial charge in [0.25, 0.3) is 10.1 Å². The molecule has 0 unspecified atom stereocenters. The molecule has 5 heteroatoms. The third-order valence-electron chi connectivity index (χ3n) is 9.08. The minimum Gasteiger partial charge on any atom is -0.379 e. The Morgan fingerprint density at radius 3 is 1.60 bits per heavy atom. The fourth-order valence-electron chi connectivity index (χ4n) is 6.65. The quantitative estimate of drug-likeness (QED) is 0.317. The topological polar surface area (TPSA) is 52.6 Å². The Labute approximate surface area is 214 Å². The molecule has 35 heavy (non-hydrogen) atoms. The van der Waals surface area contributed by atoms with Crippen LogP contribution in [0.4, 0.5) is 0 Å². The lowest BCUT2D eigenvalue weighted by Gasteiger charge is -2.32. The highest BCUT2D eigenvalue weighted by molar-refractivity contribution is 7.86.